The van der Waals surface area contributed by atoms with Crippen LogP contribution in [-0.2, 0) is 11.3 Å². The minimum absolute atomic E-state index is 0.0322. The van der Waals surface area contributed by atoms with Crippen LogP contribution in [0.4, 0.5) is 0 Å². The number of ether oxygens (including phenoxy) is 1. The van der Waals surface area contributed by atoms with Crippen LogP contribution in [-0.4, -0.2) is 24.7 Å². The highest BCUT2D eigenvalue weighted by molar-refractivity contribution is 5.75. The van der Waals surface area contributed by atoms with Gasteiger partial charge in [0.2, 0.25) is 5.91 Å². The van der Waals surface area contributed by atoms with Crippen LogP contribution in [0.25, 0.3) is 0 Å². The van der Waals surface area contributed by atoms with E-state index in [2.05, 4.69) is 5.32 Å². The van der Waals surface area contributed by atoms with E-state index >= 15 is 0 Å². The summed E-state index contributed by atoms with van der Waals surface area (Å²) in [6, 6.07) is 4.02. The number of carbonyl (C=O) groups excluding carboxylic acids is 1. The van der Waals surface area contributed by atoms with Gasteiger partial charge >= 0.3 is 0 Å². The number of rotatable bonds is 6. The van der Waals surface area contributed by atoms with E-state index in [0.29, 0.717) is 19.4 Å². The Hall–Kier alpha value is -1.55. The van der Waals surface area contributed by atoms with Gasteiger partial charge in [0.1, 0.15) is 5.75 Å². The molecule has 1 aromatic carbocycles. The predicted molar refractivity (Wildman–Crippen MR) is 70.6 cm³/mol. The van der Waals surface area contributed by atoms with Gasteiger partial charge in [0.15, 0.2) is 0 Å². The lowest BCUT2D eigenvalue weighted by molar-refractivity contribution is -0.121. The fourth-order valence-electron chi connectivity index (χ4n) is 1.99. The maximum absolute atomic E-state index is 11.4. The quantitative estimate of drug-likeness (QED) is 0.809. The van der Waals surface area contributed by atoms with Crippen molar-refractivity contribution in [3.05, 3.63) is 28.8 Å². The number of benzene rings is 1. The van der Waals surface area contributed by atoms with Crippen LogP contribution >= 0.6 is 0 Å². The summed E-state index contributed by atoms with van der Waals surface area (Å²) in [4.78, 5) is 11.4. The molecule has 1 aromatic rings. The van der Waals surface area contributed by atoms with Crippen molar-refractivity contribution in [3.8, 4) is 5.75 Å². The number of aliphatic hydroxyl groups excluding tert-OH is 1. The Morgan fingerprint density at radius 3 is 2.44 bits per heavy atom. The Labute approximate surface area is 108 Å². The number of aliphatic hydroxyl groups is 1. The van der Waals surface area contributed by atoms with Gasteiger partial charge in [-0.05, 0) is 37.0 Å². The Kier molecular flexibility index (Phi) is 5.65. The van der Waals surface area contributed by atoms with Crippen molar-refractivity contribution in [2.75, 3.05) is 13.7 Å². The molecule has 0 aliphatic rings. The van der Waals surface area contributed by atoms with Crippen molar-refractivity contribution < 1.29 is 14.6 Å². The summed E-state index contributed by atoms with van der Waals surface area (Å²) in [5, 5.41) is 11.5. The molecule has 0 saturated carbocycles. The van der Waals surface area contributed by atoms with Gasteiger partial charge in [0, 0.05) is 19.6 Å². The van der Waals surface area contributed by atoms with Gasteiger partial charge in [-0.15, -0.1) is 0 Å². The maximum Gasteiger partial charge on any atom is 0.220 e. The fourth-order valence-corrected chi connectivity index (χ4v) is 1.99. The standard InChI is InChI=1S/C14H21NO3/c1-10-7-12(8-11(2)14(10)18-3)9-15-13(17)5-4-6-16/h7-8,16H,4-6,9H2,1-3H3,(H,15,17). The van der Waals surface area contributed by atoms with Gasteiger partial charge in [-0.25, -0.2) is 0 Å². The first-order valence-electron chi connectivity index (χ1n) is 6.10. The number of aryl methyl sites for hydroxylation is 2. The molecule has 0 aliphatic heterocycles. The summed E-state index contributed by atoms with van der Waals surface area (Å²) in [7, 11) is 1.66. The number of methoxy groups -OCH3 is 1. The smallest absolute Gasteiger partial charge is 0.220 e. The zero-order chi connectivity index (χ0) is 13.5. The zero-order valence-corrected chi connectivity index (χ0v) is 11.2. The highest BCUT2D eigenvalue weighted by Gasteiger charge is 2.06. The molecule has 100 valence electrons. The van der Waals surface area contributed by atoms with Crippen molar-refractivity contribution in [2.24, 2.45) is 0 Å². The van der Waals surface area contributed by atoms with E-state index in [1.165, 1.54) is 0 Å². The van der Waals surface area contributed by atoms with Gasteiger partial charge in [-0.1, -0.05) is 12.1 Å². The maximum atomic E-state index is 11.4. The predicted octanol–water partition coefficient (Wildman–Crippen LogP) is 1.70. The molecule has 0 unspecified atom stereocenters. The number of carbonyl (C=O) groups is 1. The minimum Gasteiger partial charge on any atom is -0.496 e. The first-order valence-corrected chi connectivity index (χ1v) is 6.10. The molecule has 4 heteroatoms. The van der Waals surface area contributed by atoms with Gasteiger partial charge in [0.25, 0.3) is 0 Å². The molecule has 0 fully saturated rings. The molecule has 1 amide bonds. The second-order valence-corrected chi connectivity index (χ2v) is 4.37. The first-order chi connectivity index (χ1) is 8.58. The molecule has 0 heterocycles. The van der Waals surface area contributed by atoms with E-state index in [9.17, 15) is 4.79 Å². The molecule has 2 N–H and O–H groups in total. The lowest BCUT2D eigenvalue weighted by Crippen LogP contribution is -2.22. The SMILES string of the molecule is COc1c(C)cc(CNC(=O)CCCO)cc1C. The van der Waals surface area contributed by atoms with E-state index in [-0.39, 0.29) is 12.5 Å². The minimum atomic E-state index is -0.0322. The normalized spacial score (nSPS) is 10.2. The summed E-state index contributed by atoms with van der Waals surface area (Å²) in [5.41, 5.74) is 3.19. The monoisotopic (exact) mass is 251 g/mol. The third-order valence-electron chi connectivity index (χ3n) is 2.78. The Balaban J connectivity index is 2.61. The molecule has 1 rings (SSSR count). The van der Waals surface area contributed by atoms with Gasteiger partial charge in [-0.3, -0.25) is 4.79 Å². The van der Waals surface area contributed by atoms with Crippen LogP contribution in [0.3, 0.4) is 0 Å². The van der Waals surface area contributed by atoms with Gasteiger partial charge < -0.3 is 15.2 Å². The van der Waals surface area contributed by atoms with Crippen molar-refractivity contribution in [3.63, 3.8) is 0 Å². The lowest BCUT2D eigenvalue weighted by Gasteiger charge is -2.12. The fraction of sp³-hybridized carbons (Fsp3) is 0.500. The van der Waals surface area contributed by atoms with Crippen LogP contribution in [0.2, 0.25) is 0 Å². The van der Waals surface area contributed by atoms with Crippen LogP contribution in [0.1, 0.15) is 29.5 Å². The second-order valence-electron chi connectivity index (χ2n) is 4.37. The van der Waals surface area contributed by atoms with Crippen LogP contribution in [0, 0.1) is 13.8 Å². The average Bonchev–Trinajstić information content (AvgIpc) is 2.33. The summed E-state index contributed by atoms with van der Waals surface area (Å²) < 4.78 is 5.29. The molecule has 4 nitrogen and oxygen atoms in total. The first kappa shape index (κ1) is 14.5. The Bertz CT molecular complexity index is 392. The third kappa shape index (κ3) is 4.04. The summed E-state index contributed by atoms with van der Waals surface area (Å²) in [5.74, 6) is 0.862. The Morgan fingerprint density at radius 1 is 1.33 bits per heavy atom. The summed E-state index contributed by atoms with van der Waals surface area (Å²) >= 11 is 0. The van der Waals surface area contributed by atoms with Gasteiger partial charge in [-0.2, -0.15) is 0 Å². The third-order valence-corrected chi connectivity index (χ3v) is 2.78. The van der Waals surface area contributed by atoms with Crippen molar-refractivity contribution >= 4 is 5.91 Å². The molecule has 0 spiro atoms. The van der Waals surface area contributed by atoms with Crippen molar-refractivity contribution in [1.29, 1.82) is 0 Å². The number of nitrogens with one attached hydrogen (secondary N) is 1. The molecule has 18 heavy (non-hydrogen) atoms. The van der Waals surface area contributed by atoms with Gasteiger partial charge in [0.05, 0.1) is 7.11 Å². The van der Waals surface area contributed by atoms with E-state index in [0.717, 1.165) is 22.4 Å². The summed E-state index contributed by atoms with van der Waals surface area (Å²) in [6.45, 7) is 4.54. The molecular weight excluding hydrogens is 230 g/mol. The highest BCUT2D eigenvalue weighted by atomic mass is 16.5. The zero-order valence-electron chi connectivity index (χ0n) is 11.2. The molecule has 0 bridgehead atoms. The number of amides is 1. The second kappa shape index (κ2) is 7.01. The van der Waals surface area contributed by atoms with Crippen molar-refractivity contribution in [1.82, 2.24) is 5.32 Å². The molecule has 0 aliphatic carbocycles. The summed E-state index contributed by atoms with van der Waals surface area (Å²) in [6.07, 6.45) is 0.872. The van der Waals surface area contributed by atoms with Crippen molar-refractivity contribution in [2.45, 2.75) is 33.2 Å². The van der Waals surface area contributed by atoms with E-state index in [1.54, 1.807) is 7.11 Å². The van der Waals surface area contributed by atoms with E-state index < -0.39 is 0 Å². The molecule has 0 aromatic heterocycles. The lowest BCUT2D eigenvalue weighted by atomic mass is 10.1. The molecular formula is C14H21NO3. The molecule has 0 radical (unpaired) electrons. The number of hydrogen-bond donors (Lipinski definition) is 2. The highest BCUT2D eigenvalue weighted by Crippen LogP contribution is 2.24. The topological polar surface area (TPSA) is 58.6 Å². The van der Waals surface area contributed by atoms with E-state index in [4.69, 9.17) is 9.84 Å². The average molecular weight is 251 g/mol. The van der Waals surface area contributed by atoms with E-state index in [1.807, 2.05) is 26.0 Å². The van der Waals surface area contributed by atoms with Crippen LogP contribution in [0.15, 0.2) is 12.1 Å². The Morgan fingerprint density at radius 2 is 1.94 bits per heavy atom. The largest absolute Gasteiger partial charge is 0.496 e. The molecule has 0 saturated heterocycles. The van der Waals surface area contributed by atoms with Crippen LogP contribution in [0.5, 0.6) is 5.75 Å². The number of hydrogen-bond acceptors (Lipinski definition) is 3. The molecule has 0 atom stereocenters. The van der Waals surface area contributed by atoms with Crippen LogP contribution < -0.4 is 10.1 Å².